The van der Waals surface area contributed by atoms with Gasteiger partial charge in [-0.3, -0.25) is 4.79 Å². The van der Waals surface area contributed by atoms with Gasteiger partial charge in [-0.05, 0) is 79.5 Å². The van der Waals surface area contributed by atoms with Crippen LogP contribution in [0.5, 0.6) is 5.75 Å². The van der Waals surface area contributed by atoms with E-state index in [1.165, 1.54) is 11.1 Å². The minimum Gasteiger partial charge on any atom is -0.494 e. The van der Waals surface area contributed by atoms with Crippen molar-refractivity contribution < 1.29 is 9.53 Å². The zero-order valence-corrected chi connectivity index (χ0v) is 24.6. The molecular formula is C34H42ClN3O2. The maximum atomic E-state index is 12.2. The van der Waals surface area contributed by atoms with Gasteiger partial charge in [-0.2, -0.15) is 0 Å². The fourth-order valence-electron chi connectivity index (χ4n) is 4.95. The number of carbonyl (C=O) groups is 1. The first-order valence-electron chi connectivity index (χ1n) is 14.7. The Balaban J connectivity index is 1.18. The number of aromatic nitrogens is 2. The lowest BCUT2D eigenvalue weighted by Crippen LogP contribution is -2.26. The number of para-hydroxylation sites is 2. The smallest absolute Gasteiger partial charge is 0.224 e. The molecule has 1 atom stereocenters. The molecule has 0 aliphatic rings. The highest BCUT2D eigenvalue weighted by Gasteiger charge is 2.11. The summed E-state index contributed by atoms with van der Waals surface area (Å²) in [6, 6.07) is 24.4. The number of fused-ring (bicyclic) bond motifs is 1. The zero-order valence-electron chi connectivity index (χ0n) is 23.9. The second-order valence-corrected chi connectivity index (χ2v) is 10.9. The molecule has 0 saturated carbocycles. The van der Waals surface area contributed by atoms with Gasteiger partial charge in [-0.1, -0.05) is 74.3 Å². The Morgan fingerprint density at radius 2 is 1.73 bits per heavy atom. The number of carbonyl (C=O) groups excluding carboxylic acids is 1. The summed E-state index contributed by atoms with van der Waals surface area (Å²) < 4.78 is 8.39. The van der Waals surface area contributed by atoms with Crippen LogP contribution in [0.3, 0.4) is 0 Å². The number of hydrogen-bond donors (Lipinski definition) is 1. The third kappa shape index (κ3) is 8.59. The van der Waals surface area contributed by atoms with Gasteiger partial charge in [0.15, 0.2) is 0 Å². The quantitative estimate of drug-likeness (QED) is 0.141. The molecule has 0 aliphatic carbocycles. The topological polar surface area (TPSA) is 56.1 Å². The molecule has 4 rings (SSSR count). The van der Waals surface area contributed by atoms with E-state index in [0.717, 1.165) is 74.1 Å². The highest BCUT2D eigenvalue weighted by Crippen LogP contribution is 2.22. The molecule has 4 aromatic rings. The van der Waals surface area contributed by atoms with E-state index in [0.29, 0.717) is 30.5 Å². The SMILES string of the molecule is CCC(C)c1ccc(OCCCCn2c(CCCCCNC(=O)Cc3ccccc3Cl)nc3ccccc32)cc1. The average molecular weight is 560 g/mol. The van der Waals surface area contributed by atoms with Crippen molar-refractivity contribution in [1.82, 2.24) is 14.9 Å². The van der Waals surface area contributed by atoms with Crippen LogP contribution in [0.2, 0.25) is 5.02 Å². The van der Waals surface area contributed by atoms with Gasteiger partial charge in [0, 0.05) is 24.5 Å². The molecule has 1 heterocycles. The normalized spacial score (nSPS) is 12.0. The predicted molar refractivity (Wildman–Crippen MR) is 165 cm³/mol. The Kier molecular flexibility index (Phi) is 11.5. The van der Waals surface area contributed by atoms with Crippen LogP contribution in [0.25, 0.3) is 11.0 Å². The molecule has 1 aromatic heterocycles. The fraction of sp³-hybridized carbons (Fsp3) is 0.412. The number of nitrogens with zero attached hydrogens (tertiary/aromatic N) is 2. The summed E-state index contributed by atoms with van der Waals surface area (Å²) in [5.74, 6) is 2.69. The maximum Gasteiger partial charge on any atom is 0.224 e. The van der Waals surface area contributed by atoms with Crippen LogP contribution in [0, 0.1) is 0 Å². The van der Waals surface area contributed by atoms with E-state index >= 15 is 0 Å². The second kappa shape index (κ2) is 15.5. The lowest BCUT2D eigenvalue weighted by Gasteiger charge is -2.12. The van der Waals surface area contributed by atoms with Crippen molar-refractivity contribution in [3.8, 4) is 5.75 Å². The van der Waals surface area contributed by atoms with E-state index in [9.17, 15) is 4.79 Å². The highest BCUT2D eigenvalue weighted by atomic mass is 35.5. The molecule has 1 N–H and O–H groups in total. The van der Waals surface area contributed by atoms with Gasteiger partial charge in [-0.25, -0.2) is 4.98 Å². The molecule has 0 bridgehead atoms. The standard InChI is InChI=1S/C34H42ClN3O2/c1-3-26(2)27-18-20-29(21-19-27)40-24-12-11-23-38-32-16-9-8-15-31(32)37-33(38)17-5-4-10-22-36-34(39)25-28-13-6-7-14-30(28)35/h6-9,13-16,18-21,26H,3-5,10-12,17,22-25H2,1-2H3,(H,36,39). The number of unbranched alkanes of at least 4 members (excludes halogenated alkanes) is 3. The lowest BCUT2D eigenvalue weighted by molar-refractivity contribution is -0.120. The summed E-state index contributed by atoms with van der Waals surface area (Å²) >= 11 is 6.17. The second-order valence-electron chi connectivity index (χ2n) is 10.5. The van der Waals surface area contributed by atoms with E-state index in [1.54, 1.807) is 0 Å². The fourth-order valence-corrected chi connectivity index (χ4v) is 5.15. The van der Waals surface area contributed by atoms with Gasteiger partial charge in [0.2, 0.25) is 5.91 Å². The number of nitrogens with one attached hydrogen (secondary N) is 1. The molecule has 212 valence electrons. The molecule has 40 heavy (non-hydrogen) atoms. The number of imidazole rings is 1. The minimum atomic E-state index is 0.0157. The molecule has 0 saturated heterocycles. The van der Waals surface area contributed by atoms with Gasteiger partial charge < -0.3 is 14.6 Å². The Bertz CT molecular complexity index is 1350. The molecule has 0 radical (unpaired) electrons. The van der Waals surface area contributed by atoms with Crippen molar-refractivity contribution in [2.75, 3.05) is 13.2 Å². The molecule has 3 aromatic carbocycles. The summed E-state index contributed by atoms with van der Waals surface area (Å²) in [6.07, 6.45) is 7.46. The van der Waals surface area contributed by atoms with Gasteiger partial charge in [-0.15, -0.1) is 0 Å². The third-order valence-corrected chi connectivity index (χ3v) is 7.92. The van der Waals surface area contributed by atoms with Crippen LogP contribution in [0.4, 0.5) is 0 Å². The molecule has 6 heteroatoms. The van der Waals surface area contributed by atoms with E-state index in [4.69, 9.17) is 21.3 Å². The van der Waals surface area contributed by atoms with Crippen LogP contribution in [0.1, 0.15) is 75.2 Å². The van der Waals surface area contributed by atoms with Crippen molar-refractivity contribution in [3.05, 3.63) is 94.8 Å². The number of amides is 1. The van der Waals surface area contributed by atoms with Crippen molar-refractivity contribution in [2.24, 2.45) is 0 Å². The molecular weight excluding hydrogens is 518 g/mol. The van der Waals surface area contributed by atoms with Crippen LogP contribution >= 0.6 is 11.6 Å². The first-order chi connectivity index (χ1) is 19.5. The Morgan fingerprint density at radius 3 is 2.52 bits per heavy atom. The Morgan fingerprint density at radius 1 is 0.950 bits per heavy atom. The Hall–Kier alpha value is -3.31. The monoisotopic (exact) mass is 559 g/mol. The highest BCUT2D eigenvalue weighted by molar-refractivity contribution is 6.31. The number of benzene rings is 3. The number of hydrogen-bond acceptors (Lipinski definition) is 3. The molecule has 1 unspecified atom stereocenters. The molecule has 0 aliphatic heterocycles. The van der Waals surface area contributed by atoms with Crippen LogP contribution in [-0.2, 0) is 24.2 Å². The summed E-state index contributed by atoms with van der Waals surface area (Å²) in [7, 11) is 0. The van der Waals surface area contributed by atoms with Crippen molar-refractivity contribution in [2.45, 2.75) is 77.7 Å². The average Bonchev–Trinajstić information content (AvgIpc) is 3.33. The number of halogens is 1. The molecule has 5 nitrogen and oxygen atoms in total. The van der Waals surface area contributed by atoms with Crippen LogP contribution in [0.15, 0.2) is 72.8 Å². The molecule has 0 spiro atoms. The summed E-state index contributed by atoms with van der Waals surface area (Å²) in [5.41, 5.74) is 4.49. The predicted octanol–water partition coefficient (Wildman–Crippen LogP) is 8.13. The summed E-state index contributed by atoms with van der Waals surface area (Å²) in [5, 5.41) is 3.66. The van der Waals surface area contributed by atoms with Crippen molar-refractivity contribution in [3.63, 3.8) is 0 Å². The van der Waals surface area contributed by atoms with Crippen LogP contribution < -0.4 is 10.1 Å². The first kappa shape index (κ1) is 29.7. The van der Waals surface area contributed by atoms with E-state index in [2.05, 4.69) is 72.3 Å². The van der Waals surface area contributed by atoms with E-state index in [-0.39, 0.29) is 5.91 Å². The van der Waals surface area contributed by atoms with Crippen molar-refractivity contribution in [1.29, 1.82) is 0 Å². The summed E-state index contributed by atoms with van der Waals surface area (Å²) in [4.78, 5) is 17.2. The minimum absolute atomic E-state index is 0.0157. The van der Waals surface area contributed by atoms with E-state index in [1.807, 2.05) is 24.3 Å². The van der Waals surface area contributed by atoms with Crippen molar-refractivity contribution >= 4 is 28.5 Å². The summed E-state index contributed by atoms with van der Waals surface area (Å²) in [6.45, 7) is 6.81. The number of rotatable bonds is 16. The van der Waals surface area contributed by atoms with Gasteiger partial charge in [0.25, 0.3) is 0 Å². The first-order valence-corrected chi connectivity index (χ1v) is 15.1. The molecule has 1 amide bonds. The lowest BCUT2D eigenvalue weighted by atomic mass is 9.99. The number of aryl methyl sites for hydroxylation is 2. The zero-order chi connectivity index (χ0) is 28.2. The molecule has 0 fully saturated rings. The largest absolute Gasteiger partial charge is 0.494 e. The maximum absolute atomic E-state index is 12.2. The van der Waals surface area contributed by atoms with Gasteiger partial charge in [0.1, 0.15) is 11.6 Å². The Labute approximate surface area is 243 Å². The van der Waals surface area contributed by atoms with Gasteiger partial charge in [0.05, 0.1) is 24.1 Å². The number of ether oxygens (including phenoxy) is 1. The van der Waals surface area contributed by atoms with Crippen LogP contribution in [-0.4, -0.2) is 28.6 Å². The third-order valence-electron chi connectivity index (χ3n) is 7.55. The van der Waals surface area contributed by atoms with E-state index < -0.39 is 0 Å². The van der Waals surface area contributed by atoms with Gasteiger partial charge >= 0.3 is 0 Å².